The average molecular weight is 329 g/mol. The molecule has 3 rings (SSSR count). The lowest BCUT2D eigenvalue weighted by atomic mass is 9.86. The fourth-order valence-corrected chi connectivity index (χ4v) is 3.17. The maximum atomic E-state index is 12.3. The van der Waals surface area contributed by atoms with Crippen LogP contribution in [0.4, 0.5) is 5.82 Å². The number of hydrogen-bond acceptors (Lipinski definition) is 4. The van der Waals surface area contributed by atoms with Gasteiger partial charge in [0.05, 0.1) is 19.9 Å². The van der Waals surface area contributed by atoms with Crippen molar-refractivity contribution in [2.24, 2.45) is 0 Å². The van der Waals surface area contributed by atoms with E-state index < -0.39 is 0 Å². The van der Waals surface area contributed by atoms with Crippen LogP contribution < -0.4 is 14.8 Å². The minimum atomic E-state index is -0.0992. The first-order chi connectivity index (χ1) is 11.6. The molecule has 0 radical (unpaired) electrons. The molecule has 2 heterocycles. The van der Waals surface area contributed by atoms with Crippen molar-refractivity contribution in [2.45, 2.75) is 39.2 Å². The van der Waals surface area contributed by atoms with E-state index in [1.54, 1.807) is 7.11 Å². The number of anilines is 1. The predicted molar refractivity (Wildman–Crippen MR) is 91.9 cm³/mol. The molecule has 1 unspecified atom stereocenters. The van der Waals surface area contributed by atoms with Crippen LogP contribution >= 0.6 is 0 Å². The lowest BCUT2D eigenvalue weighted by molar-refractivity contribution is -0.116. The largest absolute Gasteiger partial charge is 0.493 e. The molecule has 1 aromatic heterocycles. The number of amides is 1. The minimum absolute atomic E-state index is 0.0137. The molecule has 1 aliphatic rings. The molecule has 1 N–H and O–H groups in total. The first-order valence-corrected chi connectivity index (χ1v) is 8.23. The third-order valence-corrected chi connectivity index (χ3v) is 4.23. The number of methoxy groups -OCH3 is 1. The van der Waals surface area contributed by atoms with E-state index in [2.05, 4.69) is 10.4 Å². The topological polar surface area (TPSA) is 65.4 Å². The molecule has 0 aliphatic carbocycles. The zero-order valence-corrected chi connectivity index (χ0v) is 14.5. The monoisotopic (exact) mass is 329 g/mol. The van der Waals surface area contributed by atoms with E-state index in [4.69, 9.17) is 9.47 Å². The first kappa shape index (κ1) is 16.4. The van der Waals surface area contributed by atoms with Crippen molar-refractivity contribution in [3.8, 4) is 11.5 Å². The number of carbonyl (C=O) groups is 1. The quantitative estimate of drug-likeness (QED) is 0.913. The van der Waals surface area contributed by atoms with Crippen LogP contribution in [0, 0.1) is 0 Å². The highest BCUT2D eigenvalue weighted by atomic mass is 16.5. The second-order valence-corrected chi connectivity index (χ2v) is 6.10. The van der Waals surface area contributed by atoms with Gasteiger partial charge in [-0.3, -0.25) is 4.79 Å². The second kappa shape index (κ2) is 6.55. The lowest BCUT2D eigenvalue weighted by Crippen LogP contribution is -2.25. The molecule has 0 bridgehead atoms. The minimum Gasteiger partial charge on any atom is -0.493 e. The van der Waals surface area contributed by atoms with E-state index in [9.17, 15) is 4.79 Å². The highest BCUT2D eigenvalue weighted by Gasteiger charge is 2.33. The van der Waals surface area contributed by atoms with Gasteiger partial charge in [-0.2, -0.15) is 5.10 Å². The van der Waals surface area contributed by atoms with Crippen LogP contribution in [0.2, 0.25) is 0 Å². The molecule has 1 aromatic carbocycles. The molecule has 24 heavy (non-hydrogen) atoms. The highest BCUT2D eigenvalue weighted by Crippen LogP contribution is 2.44. The molecule has 128 valence electrons. The maximum Gasteiger partial charge on any atom is 0.226 e. The van der Waals surface area contributed by atoms with Gasteiger partial charge in [-0.1, -0.05) is 12.1 Å². The van der Waals surface area contributed by atoms with E-state index in [1.165, 1.54) is 0 Å². The molecule has 1 atom stereocenters. The van der Waals surface area contributed by atoms with Crippen LogP contribution in [0.1, 0.15) is 50.3 Å². The summed E-state index contributed by atoms with van der Waals surface area (Å²) < 4.78 is 13.1. The van der Waals surface area contributed by atoms with Gasteiger partial charge < -0.3 is 14.8 Å². The number of carbonyl (C=O) groups excluding carboxylic acids is 1. The third-order valence-electron chi connectivity index (χ3n) is 4.23. The van der Waals surface area contributed by atoms with Crippen LogP contribution in [-0.2, 0) is 4.79 Å². The summed E-state index contributed by atoms with van der Waals surface area (Å²) in [6.07, 6.45) is 2.21. The Morgan fingerprint density at radius 3 is 2.83 bits per heavy atom. The van der Waals surface area contributed by atoms with Gasteiger partial charge in [0.2, 0.25) is 5.91 Å². The Hall–Kier alpha value is -2.50. The van der Waals surface area contributed by atoms with Gasteiger partial charge in [-0.15, -0.1) is 0 Å². The Morgan fingerprint density at radius 1 is 1.38 bits per heavy atom. The summed E-state index contributed by atoms with van der Waals surface area (Å²) in [6, 6.07) is 5.96. The molecular weight excluding hydrogens is 306 g/mol. The van der Waals surface area contributed by atoms with Crippen LogP contribution in [0.25, 0.3) is 0 Å². The zero-order chi connectivity index (χ0) is 17.3. The molecule has 0 spiro atoms. The van der Waals surface area contributed by atoms with E-state index in [-0.39, 0.29) is 17.9 Å². The van der Waals surface area contributed by atoms with Crippen molar-refractivity contribution in [1.82, 2.24) is 9.78 Å². The number of aromatic nitrogens is 2. The van der Waals surface area contributed by atoms with Crippen molar-refractivity contribution in [3.63, 3.8) is 0 Å². The van der Waals surface area contributed by atoms with Gasteiger partial charge >= 0.3 is 0 Å². The number of nitrogens with one attached hydrogen (secondary N) is 1. The molecular formula is C18H23N3O3. The van der Waals surface area contributed by atoms with Gasteiger partial charge in [0.25, 0.3) is 0 Å². The molecule has 0 saturated carbocycles. The smallest absolute Gasteiger partial charge is 0.226 e. The number of nitrogens with zero attached hydrogens (tertiary/aromatic N) is 2. The summed E-state index contributed by atoms with van der Waals surface area (Å²) in [6.45, 7) is 6.55. The standard InChI is InChI=1S/C18H23N3O3/c1-5-24-17-12(7-6-8-15(17)23-4)13-9-16(22)20-18-14(13)10-19-21(18)11(2)3/h6-8,10-11,13H,5,9H2,1-4H3,(H,20,22). The van der Waals surface area contributed by atoms with Crippen molar-refractivity contribution < 1.29 is 14.3 Å². The van der Waals surface area contributed by atoms with Gasteiger partial charge in [0.15, 0.2) is 11.5 Å². The van der Waals surface area contributed by atoms with Crippen molar-refractivity contribution >= 4 is 11.7 Å². The van der Waals surface area contributed by atoms with Crippen LogP contribution in [0.5, 0.6) is 11.5 Å². The van der Waals surface area contributed by atoms with Gasteiger partial charge in [-0.05, 0) is 26.8 Å². The van der Waals surface area contributed by atoms with Crippen LogP contribution in [0.3, 0.4) is 0 Å². The summed E-state index contributed by atoms with van der Waals surface area (Å²) in [7, 11) is 1.62. The van der Waals surface area contributed by atoms with Crippen molar-refractivity contribution in [2.75, 3.05) is 19.0 Å². The Morgan fingerprint density at radius 2 is 2.17 bits per heavy atom. The molecule has 6 heteroatoms. The summed E-state index contributed by atoms with van der Waals surface area (Å²) in [5.74, 6) is 2.04. The molecule has 1 aliphatic heterocycles. The molecule has 2 aromatic rings. The SMILES string of the molecule is CCOc1c(OC)cccc1C1CC(=O)Nc2c1cnn2C(C)C. The Bertz CT molecular complexity index is 752. The number of fused-ring (bicyclic) bond motifs is 1. The van der Waals surface area contributed by atoms with Gasteiger partial charge in [0.1, 0.15) is 5.82 Å². The van der Waals surface area contributed by atoms with Crippen molar-refractivity contribution in [3.05, 3.63) is 35.5 Å². The second-order valence-electron chi connectivity index (χ2n) is 6.10. The number of rotatable bonds is 5. The number of ether oxygens (including phenoxy) is 2. The molecule has 0 fully saturated rings. The fraction of sp³-hybridized carbons (Fsp3) is 0.444. The van der Waals surface area contributed by atoms with E-state index >= 15 is 0 Å². The van der Waals surface area contributed by atoms with Crippen LogP contribution in [-0.4, -0.2) is 29.4 Å². The average Bonchev–Trinajstić information content (AvgIpc) is 2.98. The van der Waals surface area contributed by atoms with Crippen LogP contribution in [0.15, 0.2) is 24.4 Å². The number of benzene rings is 1. The normalized spacial score (nSPS) is 16.7. The highest BCUT2D eigenvalue weighted by molar-refractivity contribution is 5.94. The summed E-state index contributed by atoms with van der Waals surface area (Å²) in [5, 5.41) is 7.41. The van der Waals surface area contributed by atoms with E-state index in [1.807, 2.05) is 49.8 Å². The Balaban J connectivity index is 2.13. The molecule has 1 amide bonds. The zero-order valence-electron chi connectivity index (χ0n) is 14.5. The molecule has 6 nitrogen and oxygen atoms in total. The summed E-state index contributed by atoms with van der Waals surface area (Å²) in [5.41, 5.74) is 1.97. The Labute approximate surface area is 141 Å². The third kappa shape index (κ3) is 2.72. The fourth-order valence-electron chi connectivity index (χ4n) is 3.17. The summed E-state index contributed by atoms with van der Waals surface area (Å²) >= 11 is 0. The van der Waals surface area contributed by atoms with E-state index in [0.717, 1.165) is 16.9 Å². The predicted octanol–water partition coefficient (Wildman–Crippen LogP) is 3.35. The summed E-state index contributed by atoms with van der Waals surface area (Å²) in [4.78, 5) is 12.3. The first-order valence-electron chi connectivity index (χ1n) is 8.23. The van der Waals surface area contributed by atoms with E-state index in [0.29, 0.717) is 24.5 Å². The maximum absolute atomic E-state index is 12.3. The number of para-hydroxylation sites is 1. The van der Waals surface area contributed by atoms with Crippen molar-refractivity contribution in [1.29, 1.82) is 0 Å². The molecule has 0 saturated heterocycles. The van der Waals surface area contributed by atoms with Gasteiger partial charge in [0, 0.05) is 29.5 Å². The lowest BCUT2D eigenvalue weighted by Gasteiger charge is -2.26. The number of hydrogen-bond donors (Lipinski definition) is 1. The Kier molecular flexibility index (Phi) is 4.46. The van der Waals surface area contributed by atoms with Gasteiger partial charge in [-0.25, -0.2) is 4.68 Å².